The van der Waals surface area contributed by atoms with E-state index in [4.69, 9.17) is 9.47 Å². The lowest BCUT2D eigenvalue weighted by Gasteiger charge is -2.23. The van der Waals surface area contributed by atoms with Crippen LogP contribution in [0.1, 0.15) is 25.0 Å². The Balaban J connectivity index is 1.78. The fraction of sp³-hybridized carbons (Fsp3) is 0.286. The molecule has 0 unspecified atom stereocenters. The van der Waals surface area contributed by atoms with Crippen LogP contribution in [0.3, 0.4) is 0 Å². The lowest BCUT2D eigenvalue weighted by Crippen LogP contribution is -2.39. The number of halogens is 1. The number of H-pyrrole nitrogens is 1. The third-order valence-corrected chi connectivity index (χ3v) is 4.79. The highest BCUT2D eigenvalue weighted by Gasteiger charge is 2.32. The molecule has 0 aliphatic heterocycles. The van der Waals surface area contributed by atoms with Gasteiger partial charge in [0, 0.05) is 23.6 Å². The van der Waals surface area contributed by atoms with E-state index < -0.39 is 5.41 Å². The van der Waals surface area contributed by atoms with Gasteiger partial charge in [0.15, 0.2) is 11.5 Å². The molecule has 0 saturated carbocycles. The molecule has 2 N–H and O–H groups in total. The number of aromatic amines is 1. The van der Waals surface area contributed by atoms with Crippen molar-refractivity contribution in [2.45, 2.75) is 25.8 Å². The van der Waals surface area contributed by atoms with Crippen molar-refractivity contribution in [3.63, 3.8) is 0 Å². The number of nitrogens with one attached hydrogen (secondary N) is 2. The number of carbonyl (C=O) groups excluding carboxylic acids is 1. The van der Waals surface area contributed by atoms with E-state index >= 15 is 0 Å². The van der Waals surface area contributed by atoms with Crippen LogP contribution < -0.4 is 14.8 Å². The molecule has 0 aliphatic carbocycles. The molecule has 3 rings (SSSR count). The zero-order valence-electron chi connectivity index (χ0n) is 15.9. The molecule has 0 spiro atoms. The molecule has 1 aromatic heterocycles. The average molecular weight is 370 g/mol. The van der Waals surface area contributed by atoms with Gasteiger partial charge in [-0.25, -0.2) is 4.39 Å². The van der Waals surface area contributed by atoms with E-state index in [0.717, 1.165) is 16.5 Å². The van der Waals surface area contributed by atoms with Crippen molar-refractivity contribution in [2.24, 2.45) is 0 Å². The van der Waals surface area contributed by atoms with Gasteiger partial charge in [-0.2, -0.15) is 0 Å². The highest BCUT2D eigenvalue weighted by atomic mass is 19.1. The number of aromatic nitrogens is 1. The van der Waals surface area contributed by atoms with E-state index in [-0.39, 0.29) is 11.7 Å². The molecule has 0 radical (unpaired) electrons. The van der Waals surface area contributed by atoms with E-state index in [2.05, 4.69) is 10.3 Å². The fourth-order valence-electron chi connectivity index (χ4n) is 3.13. The first kappa shape index (κ1) is 18.8. The third kappa shape index (κ3) is 3.60. The van der Waals surface area contributed by atoms with Crippen LogP contribution in [0, 0.1) is 5.82 Å². The fourth-order valence-corrected chi connectivity index (χ4v) is 3.13. The van der Waals surface area contributed by atoms with Crippen LogP contribution in [0.4, 0.5) is 4.39 Å². The molecule has 3 aromatic rings. The number of amides is 1. The van der Waals surface area contributed by atoms with Crippen molar-refractivity contribution in [1.82, 2.24) is 10.3 Å². The number of ether oxygens (including phenoxy) is 2. The first-order valence-corrected chi connectivity index (χ1v) is 8.63. The Morgan fingerprint density at radius 2 is 1.85 bits per heavy atom. The summed E-state index contributed by atoms with van der Waals surface area (Å²) in [6, 6.07) is 10.0. The summed E-state index contributed by atoms with van der Waals surface area (Å²) < 4.78 is 23.9. The van der Waals surface area contributed by atoms with Crippen molar-refractivity contribution in [1.29, 1.82) is 0 Å². The maximum atomic E-state index is 13.4. The van der Waals surface area contributed by atoms with Crippen LogP contribution in [0.15, 0.2) is 42.6 Å². The van der Waals surface area contributed by atoms with E-state index in [9.17, 15) is 9.18 Å². The Bertz CT molecular complexity index is 979. The second-order valence-corrected chi connectivity index (χ2v) is 6.89. The molecule has 0 atom stereocenters. The molecule has 1 amide bonds. The Labute approximate surface area is 157 Å². The summed E-state index contributed by atoms with van der Waals surface area (Å²) in [5.41, 5.74) is 1.61. The Hall–Kier alpha value is -3.02. The minimum absolute atomic E-state index is 0.123. The van der Waals surface area contributed by atoms with Gasteiger partial charge in [0.2, 0.25) is 5.91 Å². The molecule has 0 bridgehead atoms. The predicted octanol–water partition coefficient (Wildman–Crippen LogP) is 3.92. The van der Waals surface area contributed by atoms with Crippen molar-refractivity contribution in [3.05, 3.63) is 59.5 Å². The van der Waals surface area contributed by atoms with Crippen LogP contribution in [0.25, 0.3) is 10.9 Å². The second-order valence-electron chi connectivity index (χ2n) is 6.89. The smallest absolute Gasteiger partial charge is 0.230 e. The van der Waals surface area contributed by atoms with Gasteiger partial charge in [0.25, 0.3) is 0 Å². The van der Waals surface area contributed by atoms with E-state index in [0.29, 0.717) is 23.6 Å². The lowest BCUT2D eigenvalue weighted by atomic mass is 9.83. The van der Waals surface area contributed by atoms with Crippen LogP contribution in [0.2, 0.25) is 0 Å². The summed E-state index contributed by atoms with van der Waals surface area (Å²) in [5, 5.41) is 3.80. The van der Waals surface area contributed by atoms with Gasteiger partial charge < -0.3 is 19.8 Å². The second kappa shape index (κ2) is 7.31. The number of benzene rings is 2. The first-order chi connectivity index (χ1) is 12.9. The molecular formula is C21H23FN2O3. The summed E-state index contributed by atoms with van der Waals surface area (Å²) in [6.45, 7) is 4.06. The third-order valence-electron chi connectivity index (χ3n) is 4.79. The normalized spacial score (nSPS) is 11.4. The maximum absolute atomic E-state index is 13.4. The van der Waals surface area contributed by atoms with Crippen molar-refractivity contribution >= 4 is 16.8 Å². The van der Waals surface area contributed by atoms with Gasteiger partial charge in [0.1, 0.15) is 5.82 Å². The highest BCUT2D eigenvalue weighted by Crippen LogP contribution is 2.31. The molecule has 142 valence electrons. The van der Waals surface area contributed by atoms with Gasteiger partial charge in [0.05, 0.1) is 19.6 Å². The SMILES string of the molecule is COc1ccc(CNC(=O)C(C)(C)c2c[nH]c3cc(F)ccc23)cc1OC. The van der Waals surface area contributed by atoms with Crippen molar-refractivity contribution in [2.75, 3.05) is 14.2 Å². The Morgan fingerprint density at radius 1 is 1.11 bits per heavy atom. The minimum Gasteiger partial charge on any atom is -0.493 e. The molecule has 5 nitrogen and oxygen atoms in total. The molecule has 0 saturated heterocycles. The van der Waals surface area contributed by atoms with Crippen LogP contribution in [-0.2, 0) is 16.8 Å². The highest BCUT2D eigenvalue weighted by molar-refractivity contribution is 5.94. The molecule has 27 heavy (non-hydrogen) atoms. The van der Waals surface area contributed by atoms with Gasteiger partial charge in [-0.15, -0.1) is 0 Å². The Kier molecular flexibility index (Phi) is 5.08. The van der Waals surface area contributed by atoms with Gasteiger partial charge in [-0.3, -0.25) is 4.79 Å². The van der Waals surface area contributed by atoms with Crippen LogP contribution in [-0.4, -0.2) is 25.1 Å². The molecule has 2 aromatic carbocycles. The lowest BCUT2D eigenvalue weighted by molar-refractivity contribution is -0.125. The molecule has 6 heteroatoms. The Morgan fingerprint density at radius 3 is 2.56 bits per heavy atom. The standard InChI is InChI=1S/C21H23FN2O3/c1-21(2,16-12-23-17-10-14(22)6-7-15(16)17)20(25)24-11-13-5-8-18(26-3)19(9-13)27-4/h5-10,12,23H,11H2,1-4H3,(H,24,25). The number of fused-ring (bicyclic) bond motifs is 1. The molecular weight excluding hydrogens is 347 g/mol. The van der Waals surface area contributed by atoms with Gasteiger partial charge in [-0.1, -0.05) is 6.07 Å². The number of carbonyl (C=O) groups is 1. The number of methoxy groups -OCH3 is 2. The first-order valence-electron chi connectivity index (χ1n) is 8.63. The molecule has 0 aliphatic rings. The van der Waals surface area contributed by atoms with Gasteiger partial charge in [-0.05, 0) is 55.3 Å². The van der Waals surface area contributed by atoms with Crippen LogP contribution >= 0.6 is 0 Å². The van der Waals surface area contributed by atoms with E-state index in [1.54, 1.807) is 32.5 Å². The summed E-state index contributed by atoms with van der Waals surface area (Å²) in [6.07, 6.45) is 1.76. The number of hydrogen-bond acceptors (Lipinski definition) is 3. The topological polar surface area (TPSA) is 63.3 Å². The predicted molar refractivity (Wildman–Crippen MR) is 103 cm³/mol. The maximum Gasteiger partial charge on any atom is 0.230 e. The summed E-state index contributed by atoms with van der Waals surface area (Å²) in [4.78, 5) is 15.9. The quantitative estimate of drug-likeness (QED) is 0.691. The van der Waals surface area contributed by atoms with Gasteiger partial charge >= 0.3 is 0 Å². The molecule has 1 heterocycles. The summed E-state index contributed by atoms with van der Waals surface area (Å²) >= 11 is 0. The van der Waals surface area contributed by atoms with E-state index in [1.807, 2.05) is 26.0 Å². The summed E-state index contributed by atoms with van der Waals surface area (Å²) in [5.74, 6) is 0.815. The molecule has 0 fully saturated rings. The largest absolute Gasteiger partial charge is 0.493 e. The zero-order valence-corrected chi connectivity index (χ0v) is 15.9. The van der Waals surface area contributed by atoms with Crippen molar-refractivity contribution < 1.29 is 18.7 Å². The minimum atomic E-state index is -0.785. The number of rotatable bonds is 6. The van der Waals surface area contributed by atoms with Crippen molar-refractivity contribution in [3.8, 4) is 11.5 Å². The monoisotopic (exact) mass is 370 g/mol. The average Bonchev–Trinajstić information content (AvgIpc) is 3.09. The van der Waals surface area contributed by atoms with E-state index in [1.165, 1.54) is 12.1 Å². The number of hydrogen-bond donors (Lipinski definition) is 2. The zero-order chi connectivity index (χ0) is 19.6. The summed E-state index contributed by atoms with van der Waals surface area (Å²) in [7, 11) is 3.15. The van der Waals surface area contributed by atoms with Crippen LogP contribution in [0.5, 0.6) is 11.5 Å².